The van der Waals surface area contributed by atoms with Crippen molar-refractivity contribution in [1.29, 1.82) is 0 Å². The van der Waals surface area contributed by atoms with Crippen LogP contribution >= 0.6 is 11.6 Å². The summed E-state index contributed by atoms with van der Waals surface area (Å²) in [6.45, 7) is 0.814. The SMILES string of the molecule is CS(=O)(=O)N1CCCC(NC(=O)Nc2cccc(Cl)c2)C1. The number of rotatable bonds is 3. The van der Waals surface area contributed by atoms with Crippen LogP contribution in [0.2, 0.25) is 5.02 Å². The number of urea groups is 1. The van der Waals surface area contributed by atoms with Crippen molar-refractivity contribution in [2.45, 2.75) is 18.9 Å². The molecule has 0 radical (unpaired) electrons. The number of hydrogen-bond acceptors (Lipinski definition) is 3. The van der Waals surface area contributed by atoms with Gasteiger partial charge in [-0.25, -0.2) is 17.5 Å². The lowest BCUT2D eigenvalue weighted by Gasteiger charge is -2.31. The molecule has 2 rings (SSSR count). The molecule has 21 heavy (non-hydrogen) atoms. The van der Waals surface area contributed by atoms with Crippen molar-refractivity contribution in [2.24, 2.45) is 0 Å². The Labute approximate surface area is 129 Å². The van der Waals surface area contributed by atoms with Crippen LogP contribution in [0.4, 0.5) is 10.5 Å². The van der Waals surface area contributed by atoms with Crippen LogP contribution in [-0.4, -0.2) is 44.1 Å². The zero-order chi connectivity index (χ0) is 15.5. The number of anilines is 1. The summed E-state index contributed by atoms with van der Waals surface area (Å²) in [4.78, 5) is 11.9. The van der Waals surface area contributed by atoms with E-state index < -0.39 is 10.0 Å². The normalized spacial score (nSPS) is 20.0. The Kier molecular flexibility index (Phi) is 5.08. The molecule has 0 aliphatic carbocycles. The fraction of sp³-hybridized carbons (Fsp3) is 0.462. The van der Waals surface area contributed by atoms with E-state index >= 15 is 0 Å². The first-order valence-corrected chi connectivity index (χ1v) is 8.85. The van der Waals surface area contributed by atoms with Gasteiger partial charge in [0.1, 0.15) is 0 Å². The molecule has 1 unspecified atom stereocenters. The summed E-state index contributed by atoms with van der Waals surface area (Å²) in [6, 6.07) is 6.28. The second kappa shape index (κ2) is 6.64. The minimum absolute atomic E-state index is 0.187. The third kappa shape index (κ3) is 4.87. The highest BCUT2D eigenvalue weighted by Crippen LogP contribution is 2.16. The molecule has 116 valence electrons. The first-order chi connectivity index (χ1) is 9.84. The van der Waals surface area contributed by atoms with Gasteiger partial charge in [-0.2, -0.15) is 0 Å². The summed E-state index contributed by atoms with van der Waals surface area (Å²) in [6.07, 6.45) is 2.67. The summed E-state index contributed by atoms with van der Waals surface area (Å²) in [5, 5.41) is 6.01. The van der Waals surface area contributed by atoms with Crippen LogP contribution in [0.15, 0.2) is 24.3 Å². The van der Waals surface area contributed by atoms with Gasteiger partial charge in [0.05, 0.1) is 6.26 Å². The van der Waals surface area contributed by atoms with Crippen molar-refractivity contribution in [2.75, 3.05) is 24.7 Å². The number of nitrogens with zero attached hydrogens (tertiary/aromatic N) is 1. The summed E-state index contributed by atoms with van der Waals surface area (Å²) >= 11 is 5.84. The molecule has 2 amide bonds. The Morgan fingerprint density at radius 1 is 1.43 bits per heavy atom. The quantitative estimate of drug-likeness (QED) is 0.887. The molecule has 8 heteroatoms. The lowest BCUT2D eigenvalue weighted by atomic mass is 10.1. The zero-order valence-electron chi connectivity index (χ0n) is 11.7. The first-order valence-electron chi connectivity index (χ1n) is 6.63. The maximum Gasteiger partial charge on any atom is 0.319 e. The number of carbonyl (C=O) groups excluding carboxylic acids is 1. The summed E-state index contributed by atoms with van der Waals surface area (Å²) in [5.41, 5.74) is 0.593. The Morgan fingerprint density at radius 3 is 2.86 bits per heavy atom. The predicted molar refractivity (Wildman–Crippen MR) is 83.0 cm³/mol. The van der Waals surface area contributed by atoms with E-state index in [1.54, 1.807) is 24.3 Å². The average Bonchev–Trinajstić information content (AvgIpc) is 2.37. The number of sulfonamides is 1. The van der Waals surface area contributed by atoms with E-state index in [1.165, 1.54) is 10.6 Å². The van der Waals surface area contributed by atoms with Gasteiger partial charge in [0.15, 0.2) is 0 Å². The molecular weight excluding hydrogens is 314 g/mol. The highest BCUT2D eigenvalue weighted by Gasteiger charge is 2.26. The van der Waals surface area contributed by atoms with Crippen LogP contribution in [0, 0.1) is 0 Å². The molecule has 0 spiro atoms. The molecule has 1 aromatic rings. The number of hydrogen-bond donors (Lipinski definition) is 2. The van der Waals surface area contributed by atoms with E-state index in [4.69, 9.17) is 11.6 Å². The van der Waals surface area contributed by atoms with E-state index in [0.29, 0.717) is 23.8 Å². The summed E-state index contributed by atoms with van der Waals surface area (Å²) in [5.74, 6) is 0. The molecule has 6 nitrogen and oxygen atoms in total. The number of carbonyl (C=O) groups is 1. The van der Waals surface area contributed by atoms with Gasteiger partial charge in [0.25, 0.3) is 0 Å². The van der Waals surface area contributed by atoms with Crippen molar-refractivity contribution in [1.82, 2.24) is 9.62 Å². The lowest BCUT2D eigenvalue weighted by Crippen LogP contribution is -2.50. The molecule has 0 saturated carbocycles. The second-order valence-corrected chi connectivity index (χ2v) is 7.49. The van der Waals surface area contributed by atoms with Gasteiger partial charge in [-0.05, 0) is 31.0 Å². The Balaban J connectivity index is 1.90. The molecule has 1 aromatic carbocycles. The largest absolute Gasteiger partial charge is 0.334 e. The standard InChI is InChI=1S/C13H18ClN3O3S/c1-21(19,20)17-7-3-6-12(9-17)16-13(18)15-11-5-2-4-10(14)8-11/h2,4-5,8,12H,3,6-7,9H2,1H3,(H2,15,16,18). The van der Waals surface area contributed by atoms with E-state index in [0.717, 1.165) is 12.8 Å². The van der Waals surface area contributed by atoms with Gasteiger partial charge in [-0.3, -0.25) is 0 Å². The van der Waals surface area contributed by atoms with Crippen LogP contribution in [0.3, 0.4) is 0 Å². The molecule has 1 heterocycles. The number of benzene rings is 1. The smallest absolute Gasteiger partial charge is 0.319 e. The maximum absolute atomic E-state index is 11.9. The van der Waals surface area contributed by atoms with Crippen LogP contribution in [-0.2, 0) is 10.0 Å². The van der Waals surface area contributed by atoms with Gasteiger partial charge >= 0.3 is 6.03 Å². The van der Waals surface area contributed by atoms with E-state index in [-0.39, 0.29) is 12.1 Å². The predicted octanol–water partition coefficient (Wildman–Crippen LogP) is 1.89. The van der Waals surface area contributed by atoms with E-state index in [1.807, 2.05) is 0 Å². The minimum atomic E-state index is -3.21. The van der Waals surface area contributed by atoms with E-state index in [2.05, 4.69) is 10.6 Å². The fourth-order valence-electron chi connectivity index (χ4n) is 2.28. The molecule has 2 N–H and O–H groups in total. The fourth-order valence-corrected chi connectivity index (χ4v) is 3.38. The van der Waals surface area contributed by atoms with Crippen molar-refractivity contribution >= 4 is 33.3 Å². The van der Waals surface area contributed by atoms with Gasteiger partial charge in [0.2, 0.25) is 10.0 Å². The molecule has 1 aliphatic rings. The highest BCUT2D eigenvalue weighted by atomic mass is 35.5. The van der Waals surface area contributed by atoms with Crippen molar-refractivity contribution < 1.29 is 13.2 Å². The Bertz CT molecular complexity index is 621. The second-order valence-electron chi connectivity index (χ2n) is 5.07. The van der Waals surface area contributed by atoms with Crippen LogP contribution in [0.25, 0.3) is 0 Å². The van der Waals surface area contributed by atoms with Crippen LogP contribution in [0.5, 0.6) is 0 Å². The molecule has 1 fully saturated rings. The lowest BCUT2D eigenvalue weighted by molar-refractivity contribution is 0.236. The molecule has 0 aromatic heterocycles. The third-order valence-electron chi connectivity index (χ3n) is 3.27. The topological polar surface area (TPSA) is 78.5 Å². The average molecular weight is 332 g/mol. The molecule has 0 bridgehead atoms. The monoisotopic (exact) mass is 331 g/mol. The summed E-state index contributed by atoms with van der Waals surface area (Å²) < 4.78 is 24.4. The van der Waals surface area contributed by atoms with Crippen LogP contribution in [0.1, 0.15) is 12.8 Å². The van der Waals surface area contributed by atoms with Gasteiger partial charge in [-0.15, -0.1) is 0 Å². The molecule has 1 saturated heterocycles. The number of amides is 2. The minimum Gasteiger partial charge on any atom is -0.334 e. The van der Waals surface area contributed by atoms with E-state index in [9.17, 15) is 13.2 Å². The molecule has 1 atom stereocenters. The summed E-state index contributed by atoms with van der Waals surface area (Å²) in [7, 11) is -3.21. The van der Waals surface area contributed by atoms with Gasteiger partial charge in [0, 0.05) is 29.8 Å². The molecule has 1 aliphatic heterocycles. The number of nitrogens with one attached hydrogen (secondary N) is 2. The number of halogens is 1. The van der Waals surface area contributed by atoms with Crippen LogP contribution < -0.4 is 10.6 Å². The van der Waals surface area contributed by atoms with Gasteiger partial charge < -0.3 is 10.6 Å². The number of piperidine rings is 1. The Hall–Kier alpha value is -1.31. The Morgan fingerprint density at radius 2 is 2.19 bits per heavy atom. The van der Waals surface area contributed by atoms with Crippen molar-refractivity contribution in [3.05, 3.63) is 29.3 Å². The first kappa shape index (κ1) is 16.1. The van der Waals surface area contributed by atoms with Crippen molar-refractivity contribution in [3.8, 4) is 0 Å². The van der Waals surface area contributed by atoms with Crippen molar-refractivity contribution in [3.63, 3.8) is 0 Å². The zero-order valence-corrected chi connectivity index (χ0v) is 13.2. The highest BCUT2D eigenvalue weighted by molar-refractivity contribution is 7.88. The molecular formula is C13H18ClN3O3S. The maximum atomic E-state index is 11.9. The van der Waals surface area contributed by atoms with Gasteiger partial charge in [-0.1, -0.05) is 17.7 Å². The third-order valence-corrected chi connectivity index (χ3v) is 4.78.